The van der Waals surface area contributed by atoms with E-state index in [0.29, 0.717) is 11.1 Å². The zero-order valence-electron chi connectivity index (χ0n) is 25.6. The lowest BCUT2D eigenvalue weighted by atomic mass is 10.0. The van der Waals surface area contributed by atoms with Crippen molar-refractivity contribution in [3.05, 3.63) is 65.7 Å². The standard InChI is InChI=1S/C31H40N6O10/c1-16(38)26(29(44)35-23(31(46)47)12-17-5-3-2-4-6-17)36-27(42)22(14-25(33)41)34-28(43)24-13-20(40)15-37(24)30(45)21(32)11-18-7-9-19(39)10-8-18/h2-10,16,20-24,26,38-40H,11-15,32H2,1H3,(H2,33,41)(H,34,43)(H,35,44)(H,36,42)(H,46,47)/t16-,20-,21-,22+,23+,24+,26+/m1/s1. The molecule has 1 heterocycles. The van der Waals surface area contributed by atoms with E-state index in [2.05, 4.69) is 16.0 Å². The Balaban J connectivity index is 1.71. The van der Waals surface area contributed by atoms with Gasteiger partial charge in [0.25, 0.3) is 0 Å². The number of hydrogen-bond donors (Lipinski definition) is 9. The number of rotatable bonds is 15. The van der Waals surface area contributed by atoms with Gasteiger partial charge in [-0.05, 0) is 36.6 Å². The molecule has 0 aromatic heterocycles. The number of carbonyl (C=O) groups excluding carboxylic acids is 5. The van der Waals surface area contributed by atoms with Gasteiger partial charge in [-0.25, -0.2) is 4.79 Å². The van der Waals surface area contributed by atoms with Gasteiger partial charge in [0.15, 0.2) is 0 Å². The van der Waals surface area contributed by atoms with Crippen LogP contribution in [0.4, 0.5) is 0 Å². The van der Waals surface area contributed by atoms with Crippen molar-refractivity contribution >= 4 is 35.5 Å². The van der Waals surface area contributed by atoms with Crippen molar-refractivity contribution in [1.29, 1.82) is 0 Å². The van der Waals surface area contributed by atoms with Crippen LogP contribution >= 0.6 is 0 Å². The number of nitrogens with one attached hydrogen (secondary N) is 3. The van der Waals surface area contributed by atoms with Crippen LogP contribution in [0, 0.1) is 0 Å². The highest BCUT2D eigenvalue weighted by Crippen LogP contribution is 2.21. The molecule has 1 fully saturated rings. The van der Waals surface area contributed by atoms with Crippen LogP contribution in [0.1, 0.15) is 30.9 Å². The number of carbonyl (C=O) groups is 6. The van der Waals surface area contributed by atoms with E-state index < -0.39 is 84.3 Å². The van der Waals surface area contributed by atoms with Crippen LogP contribution in [0.3, 0.4) is 0 Å². The normalized spacial score (nSPS) is 19.0. The van der Waals surface area contributed by atoms with Crippen LogP contribution in [0.25, 0.3) is 0 Å². The molecule has 47 heavy (non-hydrogen) atoms. The largest absolute Gasteiger partial charge is 0.508 e. The molecule has 11 N–H and O–H groups in total. The highest BCUT2D eigenvalue weighted by Gasteiger charge is 2.42. The number of primary amides is 1. The third-order valence-corrected chi connectivity index (χ3v) is 7.57. The van der Waals surface area contributed by atoms with E-state index >= 15 is 0 Å². The molecule has 0 spiro atoms. The van der Waals surface area contributed by atoms with Crippen LogP contribution in [-0.2, 0) is 41.6 Å². The van der Waals surface area contributed by atoms with Gasteiger partial charge in [-0.2, -0.15) is 0 Å². The Hall–Kier alpha value is -5.06. The second-order valence-corrected chi connectivity index (χ2v) is 11.4. The third-order valence-electron chi connectivity index (χ3n) is 7.57. The first kappa shape index (κ1) is 36.4. The van der Waals surface area contributed by atoms with Gasteiger partial charge in [0.1, 0.15) is 29.9 Å². The van der Waals surface area contributed by atoms with Gasteiger partial charge in [0, 0.05) is 19.4 Å². The van der Waals surface area contributed by atoms with Crippen LogP contribution in [0.2, 0.25) is 0 Å². The number of nitrogens with zero attached hydrogens (tertiary/aromatic N) is 1. The fourth-order valence-corrected chi connectivity index (χ4v) is 5.14. The van der Waals surface area contributed by atoms with Gasteiger partial charge in [-0.3, -0.25) is 24.0 Å². The van der Waals surface area contributed by atoms with Crippen molar-refractivity contribution < 1.29 is 49.2 Å². The predicted molar refractivity (Wildman–Crippen MR) is 165 cm³/mol. The first-order chi connectivity index (χ1) is 22.2. The quantitative estimate of drug-likeness (QED) is 0.0948. The Morgan fingerprint density at radius 2 is 1.51 bits per heavy atom. The molecular weight excluding hydrogens is 616 g/mol. The van der Waals surface area contributed by atoms with Gasteiger partial charge in [-0.15, -0.1) is 0 Å². The third kappa shape index (κ3) is 10.5. The number of likely N-dealkylation sites (tertiary alicyclic amines) is 1. The molecule has 0 aliphatic carbocycles. The minimum absolute atomic E-state index is 0.0236. The summed E-state index contributed by atoms with van der Waals surface area (Å²) in [6, 6.07) is 7.25. The summed E-state index contributed by atoms with van der Waals surface area (Å²) in [5.41, 5.74) is 12.6. The number of carboxylic acid groups (broad SMARTS) is 1. The molecular formula is C31H40N6O10. The maximum absolute atomic E-state index is 13.4. The number of phenolic OH excluding ortho intramolecular Hbond substituents is 1. The lowest BCUT2D eigenvalue weighted by Gasteiger charge is -2.29. The molecule has 254 valence electrons. The number of β-amino-alcohol motifs (C(OH)–C–C–N with tert-alkyl or cyclic N) is 1. The predicted octanol–water partition coefficient (Wildman–Crippen LogP) is -2.74. The molecule has 5 amide bonds. The first-order valence-electron chi connectivity index (χ1n) is 14.8. The first-order valence-corrected chi connectivity index (χ1v) is 14.8. The lowest BCUT2D eigenvalue weighted by molar-refractivity contribution is -0.143. The second-order valence-electron chi connectivity index (χ2n) is 11.4. The number of amides is 5. The number of phenols is 1. The van der Waals surface area contributed by atoms with Crippen LogP contribution < -0.4 is 27.4 Å². The van der Waals surface area contributed by atoms with Crippen molar-refractivity contribution in [1.82, 2.24) is 20.9 Å². The van der Waals surface area contributed by atoms with Gasteiger partial charge in [-0.1, -0.05) is 42.5 Å². The Kier molecular flexibility index (Phi) is 12.8. The number of nitrogens with two attached hydrogens (primary N) is 2. The Labute approximate surface area is 270 Å². The molecule has 0 bridgehead atoms. The molecule has 3 rings (SSSR count). The molecule has 0 unspecified atom stereocenters. The highest BCUT2D eigenvalue weighted by atomic mass is 16.4. The van der Waals surface area contributed by atoms with E-state index in [4.69, 9.17) is 11.5 Å². The lowest BCUT2D eigenvalue weighted by Crippen LogP contribution is -2.61. The SMILES string of the molecule is C[C@@H](O)[C@H](NC(=O)[C@H](CC(N)=O)NC(=O)[C@@H]1C[C@@H](O)CN1C(=O)[C@H](N)Cc1ccc(O)cc1)C(=O)N[C@@H](Cc1ccccc1)C(=O)O. The van der Waals surface area contributed by atoms with E-state index in [-0.39, 0.29) is 31.6 Å². The van der Waals surface area contributed by atoms with E-state index in [1.807, 2.05) is 0 Å². The van der Waals surface area contributed by atoms with Crippen LogP contribution in [0.5, 0.6) is 5.75 Å². The minimum atomic E-state index is -1.70. The maximum atomic E-state index is 13.4. The molecule has 2 aromatic carbocycles. The fourth-order valence-electron chi connectivity index (χ4n) is 5.14. The summed E-state index contributed by atoms with van der Waals surface area (Å²) in [6.07, 6.45) is -3.61. The number of benzene rings is 2. The van der Waals surface area contributed by atoms with Gasteiger partial charge < -0.3 is 52.7 Å². The number of aromatic hydroxyl groups is 1. The minimum Gasteiger partial charge on any atom is -0.508 e. The number of aliphatic hydroxyl groups is 2. The molecule has 0 saturated carbocycles. The summed E-state index contributed by atoms with van der Waals surface area (Å²) < 4.78 is 0. The molecule has 16 nitrogen and oxygen atoms in total. The molecule has 1 saturated heterocycles. The molecule has 7 atom stereocenters. The van der Waals surface area contributed by atoms with Crippen LogP contribution in [0.15, 0.2) is 54.6 Å². The van der Waals surface area contributed by atoms with Gasteiger partial charge in [0.2, 0.25) is 29.5 Å². The Morgan fingerprint density at radius 1 is 0.894 bits per heavy atom. The van der Waals surface area contributed by atoms with Crippen molar-refractivity contribution in [2.45, 2.75) is 75.0 Å². The molecule has 1 aliphatic rings. The monoisotopic (exact) mass is 656 g/mol. The van der Waals surface area contributed by atoms with E-state index in [0.717, 1.165) is 4.90 Å². The summed E-state index contributed by atoms with van der Waals surface area (Å²) >= 11 is 0. The van der Waals surface area contributed by atoms with E-state index in [1.54, 1.807) is 42.5 Å². The zero-order chi connectivity index (χ0) is 34.8. The summed E-state index contributed by atoms with van der Waals surface area (Å²) in [6.45, 7) is 0.939. The fraction of sp³-hybridized carbons (Fsp3) is 0.419. The molecule has 0 radical (unpaired) electrons. The average molecular weight is 657 g/mol. The number of aliphatic hydroxyl groups excluding tert-OH is 2. The second kappa shape index (κ2) is 16.5. The van der Waals surface area contributed by atoms with Crippen molar-refractivity contribution in [2.75, 3.05) is 6.54 Å². The van der Waals surface area contributed by atoms with Crippen molar-refractivity contribution in [3.8, 4) is 5.75 Å². The molecule has 1 aliphatic heterocycles. The van der Waals surface area contributed by atoms with Gasteiger partial charge >= 0.3 is 5.97 Å². The zero-order valence-corrected chi connectivity index (χ0v) is 25.6. The summed E-state index contributed by atoms with van der Waals surface area (Å²) in [5, 5.41) is 46.6. The van der Waals surface area contributed by atoms with Crippen molar-refractivity contribution in [3.63, 3.8) is 0 Å². The number of carboxylic acids is 1. The smallest absolute Gasteiger partial charge is 0.326 e. The van der Waals surface area contributed by atoms with E-state index in [1.165, 1.54) is 19.1 Å². The summed E-state index contributed by atoms with van der Waals surface area (Å²) in [4.78, 5) is 77.6. The summed E-state index contributed by atoms with van der Waals surface area (Å²) in [7, 11) is 0. The van der Waals surface area contributed by atoms with E-state index in [9.17, 15) is 49.2 Å². The number of aliphatic carboxylic acids is 1. The Morgan fingerprint density at radius 3 is 2.09 bits per heavy atom. The molecule has 16 heteroatoms. The Bertz CT molecular complexity index is 1440. The maximum Gasteiger partial charge on any atom is 0.326 e. The topological polar surface area (TPSA) is 275 Å². The van der Waals surface area contributed by atoms with Crippen LogP contribution in [-0.4, -0.2) is 110 Å². The highest BCUT2D eigenvalue weighted by molar-refractivity contribution is 5.97. The summed E-state index contributed by atoms with van der Waals surface area (Å²) in [5.74, 6) is -6.08. The average Bonchev–Trinajstić information content (AvgIpc) is 3.41. The van der Waals surface area contributed by atoms with Crippen molar-refractivity contribution in [2.24, 2.45) is 11.5 Å². The molecule has 2 aromatic rings. The van der Waals surface area contributed by atoms with Gasteiger partial charge in [0.05, 0.1) is 24.7 Å². The number of hydrogen-bond acceptors (Lipinski definition) is 10.